The van der Waals surface area contributed by atoms with Crippen molar-refractivity contribution in [3.05, 3.63) is 71.8 Å². The van der Waals surface area contributed by atoms with Gasteiger partial charge in [0.1, 0.15) is 0 Å². The van der Waals surface area contributed by atoms with Crippen LogP contribution in [0.4, 0.5) is 0 Å². The first-order chi connectivity index (χ1) is 9.14. The topological polar surface area (TPSA) is 12.4 Å². The number of aliphatic imine (C=N–C) groups is 1. The first-order valence-electron chi connectivity index (χ1n) is 6.80. The molecule has 1 nitrogen and oxygen atoms in total. The van der Waals surface area contributed by atoms with E-state index < -0.39 is 0 Å². The predicted molar refractivity (Wildman–Crippen MR) is 80.6 cm³/mol. The van der Waals surface area contributed by atoms with Crippen molar-refractivity contribution in [1.29, 1.82) is 0 Å². The molecule has 0 bridgehead atoms. The molecule has 1 saturated carbocycles. The summed E-state index contributed by atoms with van der Waals surface area (Å²) in [6, 6.07) is 21.0. The van der Waals surface area contributed by atoms with Gasteiger partial charge in [-0.3, -0.25) is 4.99 Å². The molecule has 96 valence electrons. The molecule has 1 unspecified atom stereocenters. The first-order valence-corrected chi connectivity index (χ1v) is 6.80. The van der Waals surface area contributed by atoms with E-state index in [0.29, 0.717) is 0 Å². The molecular weight excluding hydrogens is 230 g/mol. The van der Waals surface area contributed by atoms with Crippen LogP contribution in [0.25, 0.3) is 0 Å². The number of rotatable bonds is 3. The Hall–Kier alpha value is -1.89. The van der Waals surface area contributed by atoms with Crippen LogP contribution < -0.4 is 0 Å². The van der Waals surface area contributed by atoms with Crippen LogP contribution in [0.15, 0.2) is 65.7 Å². The van der Waals surface area contributed by atoms with Gasteiger partial charge in [0, 0.05) is 6.21 Å². The molecule has 0 spiro atoms. The maximum atomic E-state index is 4.94. The second-order valence-electron chi connectivity index (χ2n) is 5.96. The van der Waals surface area contributed by atoms with Crippen LogP contribution in [-0.2, 0) is 5.54 Å². The van der Waals surface area contributed by atoms with Crippen molar-refractivity contribution in [2.45, 2.75) is 25.8 Å². The highest BCUT2D eigenvalue weighted by atomic mass is 15.0. The molecule has 2 aromatic rings. The van der Waals surface area contributed by atoms with Crippen LogP contribution in [-0.4, -0.2) is 6.21 Å². The summed E-state index contributed by atoms with van der Waals surface area (Å²) in [7, 11) is 0. The second-order valence-corrected chi connectivity index (χ2v) is 5.96. The molecule has 0 saturated heterocycles. The highest BCUT2D eigenvalue weighted by Crippen LogP contribution is 2.65. The van der Waals surface area contributed by atoms with Crippen molar-refractivity contribution in [1.82, 2.24) is 0 Å². The van der Waals surface area contributed by atoms with Gasteiger partial charge in [-0.2, -0.15) is 0 Å². The summed E-state index contributed by atoms with van der Waals surface area (Å²) in [5.74, 6) is 0. The van der Waals surface area contributed by atoms with Gasteiger partial charge >= 0.3 is 0 Å². The van der Waals surface area contributed by atoms with Crippen LogP contribution in [0.3, 0.4) is 0 Å². The fourth-order valence-electron chi connectivity index (χ4n) is 2.82. The van der Waals surface area contributed by atoms with Crippen LogP contribution >= 0.6 is 0 Å². The summed E-state index contributed by atoms with van der Waals surface area (Å²) in [4.78, 5) is 4.94. The Balaban J connectivity index is 1.94. The van der Waals surface area contributed by atoms with Gasteiger partial charge < -0.3 is 0 Å². The third kappa shape index (κ3) is 2.10. The van der Waals surface area contributed by atoms with Crippen molar-refractivity contribution < 1.29 is 0 Å². The summed E-state index contributed by atoms with van der Waals surface area (Å²) in [6.45, 7) is 4.59. The highest BCUT2D eigenvalue weighted by Gasteiger charge is 2.62. The van der Waals surface area contributed by atoms with Gasteiger partial charge in [0.25, 0.3) is 0 Å². The molecule has 0 N–H and O–H groups in total. The van der Waals surface area contributed by atoms with Crippen molar-refractivity contribution in [2.24, 2.45) is 10.4 Å². The van der Waals surface area contributed by atoms with Crippen LogP contribution in [0, 0.1) is 5.41 Å². The highest BCUT2D eigenvalue weighted by molar-refractivity contribution is 5.80. The first kappa shape index (κ1) is 12.2. The minimum Gasteiger partial charge on any atom is -0.281 e. The molecule has 0 aliphatic heterocycles. The van der Waals surface area contributed by atoms with E-state index in [4.69, 9.17) is 4.99 Å². The van der Waals surface area contributed by atoms with Crippen molar-refractivity contribution in [2.75, 3.05) is 0 Å². The molecule has 0 aromatic heterocycles. The zero-order valence-electron chi connectivity index (χ0n) is 11.5. The predicted octanol–water partition coefficient (Wildman–Crippen LogP) is 4.43. The van der Waals surface area contributed by atoms with Crippen LogP contribution in [0.1, 0.15) is 31.4 Å². The third-order valence-electron chi connectivity index (χ3n) is 4.18. The lowest BCUT2D eigenvalue weighted by molar-refractivity contribution is 0.514. The van der Waals surface area contributed by atoms with E-state index in [2.05, 4.69) is 68.4 Å². The number of hydrogen-bond donors (Lipinski definition) is 0. The molecule has 1 aliphatic carbocycles. The fraction of sp³-hybridized carbons (Fsp3) is 0.278. The summed E-state index contributed by atoms with van der Waals surface area (Å²) in [6.07, 6.45) is 3.13. The van der Waals surface area contributed by atoms with Gasteiger partial charge in [-0.05, 0) is 23.0 Å². The van der Waals surface area contributed by atoms with Gasteiger partial charge in [-0.25, -0.2) is 0 Å². The molecule has 0 heterocycles. The van der Waals surface area contributed by atoms with E-state index in [1.807, 2.05) is 12.3 Å². The smallest absolute Gasteiger partial charge is 0.0914 e. The van der Waals surface area contributed by atoms with E-state index in [1.54, 1.807) is 0 Å². The third-order valence-corrected chi connectivity index (χ3v) is 4.18. The molecule has 1 fully saturated rings. The van der Waals surface area contributed by atoms with Crippen molar-refractivity contribution >= 4 is 6.21 Å². The Morgan fingerprint density at radius 3 is 1.95 bits per heavy atom. The van der Waals surface area contributed by atoms with Gasteiger partial charge in [0.05, 0.1) is 5.54 Å². The molecule has 19 heavy (non-hydrogen) atoms. The number of benzene rings is 2. The molecule has 1 atom stereocenters. The van der Waals surface area contributed by atoms with E-state index in [9.17, 15) is 0 Å². The summed E-state index contributed by atoms with van der Waals surface area (Å²) < 4.78 is 0. The standard InChI is InChI=1S/C18H19N/c1-17(2)14-18(17,16-11-7-4-8-12-16)19-13-15-9-5-3-6-10-15/h3-13H,14H2,1-2H3. The van der Waals surface area contributed by atoms with Crippen molar-refractivity contribution in [3.8, 4) is 0 Å². The zero-order valence-corrected chi connectivity index (χ0v) is 11.5. The summed E-state index contributed by atoms with van der Waals surface area (Å²) in [5, 5.41) is 0. The van der Waals surface area contributed by atoms with Gasteiger partial charge in [-0.1, -0.05) is 74.5 Å². The maximum absolute atomic E-state index is 4.94. The molecule has 0 radical (unpaired) electrons. The average molecular weight is 249 g/mol. The van der Waals surface area contributed by atoms with E-state index in [1.165, 1.54) is 11.1 Å². The molecule has 1 aliphatic rings. The molecular formula is C18H19N. The Kier molecular flexibility index (Phi) is 2.78. The Morgan fingerprint density at radius 2 is 1.42 bits per heavy atom. The zero-order chi connectivity index (χ0) is 13.3. The Morgan fingerprint density at radius 1 is 0.895 bits per heavy atom. The Labute approximate surface area is 115 Å². The van der Waals surface area contributed by atoms with Crippen LogP contribution in [0.2, 0.25) is 0 Å². The fourth-order valence-corrected chi connectivity index (χ4v) is 2.82. The quantitative estimate of drug-likeness (QED) is 0.713. The number of hydrogen-bond acceptors (Lipinski definition) is 1. The molecule has 1 heteroatoms. The lowest BCUT2D eigenvalue weighted by Crippen LogP contribution is -2.11. The largest absolute Gasteiger partial charge is 0.281 e. The molecule has 0 amide bonds. The molecule has 3 rings (SSSR count). The monoisotopic (exact) mass is 249 g/mol. The van der Waals surface area contributed by atoms with Gasteiger partial charge in [0.2, 0.25) is 0 Å². The van der Waals surface area contributed by atoms with Crippen LogP contribution in [0.5, 0.6) is 0 Å². The van der Waals surface area contributed by atoms with Gasteiger partial charge in [0.15, 0.2) is 0 Å². The van der Waals surface area contributed by atoms with E-state index in [0.717, 1.165) is 6.42 Å². The lowest BCUT2D eigenvalue weighted by Gasteiger charge is -2.16. The van der Waals surface area contributed by atoms with E-state index in [-0.39, 0.29) is 11.0 Å². The minimum absolute atomic E-state index is 0.0376. The van der Waals surface area contributed by atoms with Crippen molar-refractivity contribution in [3.63, 3.8) is 0 Å². The number of nitrogens with zero attached hydrogens (tertiary/aromatic N) is 1. The maximum Gasteiger partial charge on any atom is 0.0914 e. The summed E-state index contributed by atoms with van der Waals surface area (Å²) in [5.41, 5.74) is 2.71. The molecule has 2 aromatic carbocycles. The second kappa shape index (κ2) is 4.34. The lowest BCUT2D eigenvalue weighted by atomic mass is 9.96. The summed E-state index contributed by atoms with van der Waals surface area (Å²) >= 11 is 0. The SMILES string of the molecule is CC1(C)CC1(N=Cc1ccccc1)c1ccccc1. The minimum atomic E-state index is -0.0376. The van der Waals surface area contributed by atoms with Gasteiger partial charge in [-0.15, -0.1) is 0 Å². The Bertz CT molecular complexity index is 584. The normalized spacial score (nSPS) is 24.5. The average Bonchev–Trinajstić information content (AvgIpc) is 3.02. The van der Waals surface area contributed by atoms with E-state index >= 15 is 0 Å².